The van der Waals surface area contributed by atoms with E-state index in [0.29, 0.717) is 11.3 Å². The summed E-state index contributed by atoms with van der Waals surface area (Å²) in [6.45, 7) is 3.00. The molecule has 5 heteroatoms. The molecular formula is C11H18Cl2N2O. The molecule has 1 aliphatic heterocycles. The first-order chi connectivity index (χ1) is 7.25. The van der Waals surface area contributed by atoms with Crippen LogP contribution in [0.5, 0.6) is 0 Å². The SMILES string of the molecule is CN1CCCC1CNCc1ccc(Cl)o1.Cl. The van der Waals surface area contributed by atoms with Crippen molar-refractivity contribution >= 4 is 24.0 Å². The van der Waals surface area contributed by atoms with Crippen molar-refractivity contribution in [2.75, 3.05) is 20.1 Å². The molecule has 1 unspecified atom stereocenters. The Morgan fingerprint density at radius 3 is 2.94 bits per heavy atom. The smallest absolute Gasteiger partial charge is 0.193 e. The Balaban J connectivity index is 0.00000128. The predicted molar refractivity (Wildman–Crippen MR) is 68.3 cm³/mol. The van der Waals surface area contributed by atoms with Gasteiger partial charge in [0.05, 0.1) is 6.54 Å². The molecule has 0 bridgehead atoms. The van der Waals surface area contributed by atoms with Gasteiger partial charge in [-0.2, -0.15) is 0 Å². The standard InChI is InChI=1S/C11H17ClN2O.ClH/c1-14-6-2-3-9(14)7-13-8-10-4-5-11(12)15-10;/h4-5,9,13H,2-3,6-8H2,1H3;1H. The highest BCUT2D eigenvalue weighted by Gasteiger charge is 2.19. The van der Waals surface area contributed by atoms with Crippen molar-refractivity contribution in [1.82, 2.24) is 10.2 Å². The van der Waals surface area contributed by atoms with Crippen LogP contribution in [0.2, 0.25) is 5.22 Å². The van der Waals surface area contributed by atoms with E-state index in [1.54, 1.807) is 6.07 Å². The van der Waals surface area contributed by atoms with Crippen LogP contribution in [0.4, 0.5) is 0 Å². The number of nitrogens with one attached hydrogen (secondary N) is 1. The maximum atomic E-state index is 5.69. The van der Waals surface area contributed by atoms with Gasteiger partial charge in [0.1, 0.15) is 5.76 Å². The molecule has 92 valence electrons. The topological polar surface area (TPSA) is 28.4 Å². The zero-order valence-electron chi connectivity index (χ0n) is 9.41. The Kier molecular flexibility index (Phi) is 5.62. The summed E-state index contributed by atoms with van der Waals surface area (Å²) >= 11 is 5.69. The lowest BCUT2D eigenvalue weighted by molar-refractivity contribution is 0.297. The van der Waals surface area contributed by atoms with Gasteiger partial charge in [-0.15, -0.1) is 12.4 Å². The summed E-state index contributed by atoms with van der Waals surface area (Å²) < 4.78 is 5.26. The molecule has 1 aliphatic rings. The minimum atomic E-state index is 0. The Hall–Kier alpha value is -0.220. The molecule has 1 aromatic rings. The monoisotopic (exact) mass is 264 g/mol. The van der Waals surface area contributed by atoms with E-state index in [9.17, 15) is 0 Å². The third kappa shape index (κ3) is 3.67. The minimum Gasteiger partial charge on any atom is -0.448 e. The van der Waals surface area contributed by atoms with Gasteiger partial charge in [-0.25, -0.2) is 0 Å². The van der Waals surface area contributed by atoms with Crippen molar-refractivity contribution in [3.05, 3.63) is 23.1 Å². The van der Waals surface area contributed by atoms with Crippen molar-refractivity contribution in [3.63, 3.8) is 0 Å². The number of furan rings is 1. The molecule has 0 saturated carbocycles. The van der Waals surface area contributed by atoms with E-state index in [1.807, 2.05) is 6.07 Å². The number of hydrogen-bond donors (Lipinski definition) is 1. The van der Waals surface area contributed by atoms with Crippen LogP contribution in [-0.2, 0) is 6.54 Å². The number of hydrogen-bond acceptors (Lipinski definition) is 3. The molecule has 1 fully saturated rings. The van der Waals surface area contributed by atoms with E-state index >= 15 is 0 Å². The van der Waals surface area contributed by atoms with Crippen molar-refractivity contribution < 1.29 is 4.42 Å². The average Bonchev–Trinajstić information content (AvgIpc) is 2.77. The van der Waals surface area contributed by atoms with E-state index in [4.69, 9.17) is 16.0 Å². The number of halogens is 2. The molecule has 0 radical (unpaired) electrons. The first-order valence-corrected chi connectivity index (χ1v) is 5.78. The van der Waals surface area contributed by atoms with Gasteiger partial charge in [-0.3, -0.25) is 0 Å². The van der Waals surface area contributed by atoms with Gasteiger partial charge < -0.3 is 14.6 Å². The first-order valence-electron chi connectivity index (χ1n) is 5.41. The second kappa shape index (κ2) is 6.50. The van der Waals surface area contributed by atoms with Crippen LogP contribution in [0.3, 0.4) is 0 Å². The molecule has 0 aromatic carbocycles. The minimum absolute atomic E-state index is 0. The normalized spacial score (nSPS) is 21.0. The molecule has 0 spiro atoms. The van der Waals surface area contributed by atoms with E-state index < -0.39 is 0 Å². The largest absolute Gasteiger partial charge is 0.448 e. The van der Waals surface area contributed by atoms with Gasteiger partial charge in [0, 0.05) is 12.6 Å². The summed E-state index contributed by atoms with van der Waals surface area (Å²) in [5, 5.41) is 3.86. The first kappa shape index (κ1) is 13.8. The van der Waals surface area contributed by atoms with Crippen molar-refractivity contribution in [1.29, 1.82) is 0 Å². The van der Waals surface area contributed by atoms with Crippen LogP contribution in [0.1, 0.15) is 18.6 Å². The summed E-state index contributed by atoms with van der Waals surface area (Å²) in [6.07, 6.45) is 2.61. The number of likely N-dealkylation sites (tertiary alicyclic amines) is 1. The Morgan fingerprint density at radius 1 is 1.56 bits per heavy atom. The van der Waals surface area contributed by atoms with E-state index in [0.717, 1.165) is 18.8 Å². The fraction of sp³-hybridized carbons (Fsp3) is 0.636. The van der Waals surface area contributed by atoms with Crippen molar-refractivity contribution in [2.45, 2.75) is 25.4 Å². The van der Waals surface area contributed by atoms with Crippen LogP contribution >= 0.6 is 24.0 Å². The summed E-state index contributed by atoms with van der Waals surface area (Å²) in [6, 6.07) is 4.36. The molecule has 3 nitrogen and oxygen atoms in total. The molecule has 2 heterocycles. The van der Waals surface area contributed by atoms with Gasteiger partial charge in [0.2, 0.25) is 0 Å². The highest BCUT2D eigenvalue weighted by Crippen LogP contribution is 2.15. The summed E-state index contributed by atoms with van der Waals surface area (Å²) in [5.74, 6) is 0.903. The third-order valence-electron chi connectivity index (χ3n) is 2.98. The zero-order chi connectivity index (χ0) is 10.7. The van der Waals surface area contributed by atoms with Crippen LogP contribution in [0.25, 0.3) is 0 Å². The van der Waals surface area contributed by atoms with Gasteiger partial charge in [0.25, 0.3) is 0 Å². The second-order valence-corrected chi connectivity index (χ2v) is 4.49. The van der Waals surface area contributed by atoms with Crippen molar-refractivity contribution in [3.8, 4) is 0 Å². The maximum Gasteiger partial charge on any atom is 0.193 e. The molecule has 16 heavy (non-hydrogen) atoms. The van der Waals surface area contributed by atoms with E-state index in [2.05, 4.69) is 17.3 Å². The van der Waals surface area contributed by atoms with E-state index in [-0.39, 0.29) is 12.4 Å². The number of nitrogens with zero attached hydrogens (tertiary/aromatic N) is 1. The van der Waals surface area contributed by atoms with Crippen LogP contribution in [0.15, 0.2) is 16.5 Å². The highest BCUT2D eigenvalue weighted by molar-refractivity contribution is 6.28. The number of rotatable bonds is 4. The second-order valence-electron chi connectivity index (χ2n) is 4.11. The lowest BCUT2D eigenvalue weighted by Crippen LogP contribution is -2.35. The Bertz CT molecular complexity index is 317. The van der Waals surface area contributed by atoms with Crippen LogP contribution in [-0.4, -0.2) is 31.1 Å². The maximum absolute atomic E-state index is 5.69. The molecule has 1 saturated heterocycles. The highest BCUT2D eigenvalue weighted by atomic mass is 35.5. The molecular weight excluding hydrogens is 247 g/mol. The lowest BCUT2D eigenvalue weighted by atomic mass is 10.2. The molecule has 1 N–H and O–H groups in total. The summed E-state index contributed by atoms with van der Waals surface area (Å²) in [5.41, 5.74) is 0. The summed E-state index contributed by atoms with van der Waals surface area (Å²) in [7, 11) is 2.18. The van der Waals surface area contributed by atoms with Gasteiger partial charge in [-0.05, 0) is 50.2 Å². The van der Waals surface area contributed by atoms with Crippen molar-refractivity contribution in [2.24, 2.45) is 0 Å². The number of likely N-dealkylation sites (N-methyl/N-ethyl adjacent to an activating group) is 1. The predicted octanol–water partition coefficient (Wildman–Crippen LogP) is 2.54. The summed E-state index contributed by atoms with van der Waals surface area (Å²) in [4.78, 5) is 2.40. The zero-order valence-corrected chi connectivity index (χ0v) is 11.0. The molecule has 0 aliphatic carbocycles. The Morgan fingerprint density at radius 2 is 2.38 bits per heavy atom. The quantitative estimate of drug-likeness (QED) is 0.906. The molecule has 1 atom stereocenters. The molecule has 1 aromatic heterocycles. The average molecular weight is 265 g/mol. The fourth-order valence-electron chi connectivity index (χ4n) is 2.05. The molecule has 0 amide bonds. The lowest BCUT2D eigenvalue weighted by Gasteiger charge is -2.19. The molecule has 2 rings (SSSR count). The van der Waals surface area contributed by atoms with Gasteiger partial charge in [-0.1, -0.05) is 0 Å². The van der Waals surface area contributed by atoms with Crippen LogP contribution in [0, 0.1) is 0 Å². The van der Waals surface area contributed by atoms with Crippen LogP contribution < -0.4 is 5.32 Å². The van der Waals surface area contributed by atoms with Gasteiger partial charge in [0.15, 0.2) is 5.22 Å². The van der Waals surface area contributed by atoms with E-state index in [1.165, 1.54) is 19.4 Å². The van der Waals surface area contributed by atoms with Gasteiger partial charge >= 0.3 is 0 Å². The third-order valence-corrected chi connectivity index (χ3v) is 3.18. The Labute approximate surface area is 108 Å². The fourth-order valence-corrected chi connectivity index (χ4v) is 2.21.